The number of aliphatic hydroxyl groups is 1. The van der Waals surface area contributed by atoms with Gasteiger partial charge in [-0.05, 0) is 0 Å². The first kappa shape index (κ1) is 11.1. The predicted molar refractivity (Wildman–Crippen MR) is 50.2 cm³/mol. The van der Waals surface area contributed by atoms with Crippen molar-refractivity contribution < 1.29 is 19.7 Å². The van der Waals surface area contributed by atoms with E-state index < -0.39 is 12.1 Å². The number of aromatic nitrogens is 1. The number of hydrogen-bond donors (Lipinski definition) is 2. The number of rotatable bonds is 5. The summed E-state index contributed by atoms with van der Waals surface area (Å²) in [4.78, 5) is 14.4. The van der Waals surface area contributed by atoms with Crippen LogP contribution in [-0.2, 0) is 22.6 Å². The van der Waals surface area contributed by atoms with Gasteiger partial charge < -0.3 is 14.9 Å². The highest BCUT2D eigenvalue weighted by Gasteiger charge is 2.15. The van der Waals surface area contributed by atoms with Crippen LogP contribution in [0.5, 0.6) is 0 Å². The molecule has 0 saturated carbocycles. The summed E-state index contributed by atoms with van der Waals surface area (Å²) in [5.41, 5.74) is 0.581. The fourth-order valence-corrected chi connectivity index (χ4v) is 1.69. The molecule has 0 aliphatic rings. The first-order valence-corrected chi connectivity index (χ1v) is 4.84. The Kier molecular flexibility index (Phi) is 3.99. The second-order valence-electron chi connectivity index (χ2n) is 2.72. The molecular weight excluding hydrogens is 206 g/mol. The van der Waals surface area contributed by atoms with Crippen molar-refractivity contribution >= 4 is 17.3 Å². The van der Waals surface area contributed by atoms with Crippen LogP contribution in [0.3, 0.4) is 0 Å². The van der Waals surface area contributed by atoms with Crippen LogP contribution in [0, 0.1) is 0 Å². The first-order chi connectivity index (χ1) is 6.63. The van der Waals surface area contributed by atoms with Gasteiger partial charge in [0.15, 0.2) is 6.10 Å². The van der Waals surface area contributed by atoms with E-state index in [0.29, 0.717) is 12.3 Å². The Bertz CT molecular complexity index is 312. The van der Waals surface area contributed by atoms with Gasteiger partial charge in [-0.2, -0.15) is 0 Å². The van der Waals surface area contributed by atoms with Crippen LogP contribution in [0.2, 0.25) is 0 Å². The van der Waals surface area contributed by atoms with Gasteiger partial charge in [-0.3, -0.25) is 0 Å². The van der Waals surface area contributed by atoms with Crippen molar-refractivity contribution in [2.24, 2.45) is 0 Å². The van der Waals surface area contributed by atoms with Gasteiger partial charge in [0.05, 0.1) is 12.3 Å². The van der Waals surface area contributed by atoms with Gasteiger partial charge in [-0.15, -0.1) is 11.3 Å². The monoisotopic (exact) mass is 217 g/mol. The lowest BCUT2D eigenvalue weighted by molar-refractivity contribution is -0.146. The molecule has 0 spiro atoms. The molecule has 0 radical (unpaired) electrons. The highest BCUT2D eigenvalue weighted by Crippen LogP contribution is 2.12. The van der Waals surface area contributed by atoms with Crippen LogP contribution in [0.25, 0.3) is 0 Å². The summed E-state index contributed by atoms with van der Waals surface area (Å²) in [6.45, 7) is 0.411. The Morgan fingerprint density at radius 2 is 2.50 bits per heavy atom. The Labute approximate surface area is 85.0 Å². The highest BCUT2D eigenvalue weighted by atomic mass is 32.1. The van der Waals surface area contributed by atoms with E-state index in [-0.39, 0.29) is 6.42 Å². The largest absolute Gasteiger partial charge is 0.479 e. The van der Waals surface area contributed by atoms with Crippen LogP contribution >= 0.6 is 11.3 Å². The van der Waals surface area contributed by atoms with Gasteiger partial charge in [-0.25, -0.2) is 9.78 Å². The van der Waals surface area contributed by atoms with Crippen molar-refractivity contribution in [2.75, 3.05) is 7.11 Å². The number of carbonyl (C=O) groups is 1. The van der Waals surface area contributed by atoms with E-state index in [2.05, 4.69) is 4.98 Å². The van der Waals surface area contributed by atoms with Crippen LogP contribution in [0.4, 0.5) is 0 Å². The zero-order chi connectivity index (χ0) is 10.6. The highest BCUT2D eigenvalue weighted by molar-refractivity contribution is 7.09. The molecule has 0 saturated heterocycles. The number of nitrogens with zero attached hydrogens (tertiary/aromatic N) is 1. The fourth-order valence-electron chi connectivity index (χ4n) is 0.918. The van der Waals surface area contributed by atoms with Crippen molar-refractivity contribution in [3.63, 3.8) is 0 Å². The van der Waals surface area contributed by atoms with E-state index in [4.69, 9.17) is 14.9 Å². The van der Waals surface area contributed by atoms with E-state index in [1.165, 1.54) is 11.3 Å². The Balaban J connectivity index is 2.55. The maximum absolute atomic E-state index is 10.3. The molecule has 2 N–H and O–H groups in total. The summed E-state index contributed by atoms with van der Waals surface area (Å²) in [6, 6.07) is 0. The van der Waals surface area contributed by atoms with Crippen molar-refractivity contribution in [3.05, 3.63) is 16.1 Å². The van der Waals surface area contributed by atoms with E-state index in [1.807, 2.05) is 0 Å². The molecule has 0 amide bonds. The van der Waals surface area contributed by atoms with Gasteiger partial charge in [-0.1, -0.05) is 0 Å². The Morgan fingerprint density at radius 1 is 1.79 bits per heavy atom. The summed E-state index contributed by atoms with van der Waals surface area (Å²) in [5, 5.41) is 20.0. The lowest BCUT2D eigenvalue weighted by Gasteiger charge is -2.01. The molecule has 1 rings (SSSR count). The lowest BCUT2D eigenvalue weighted by Crippen LogP contribution is -2.22. The molecule has 14 heavy (non-hydrogen) atoms. The molecular formula is C8H11NO4S. The fraction of sp³-hybridized carbons (Fsp3) is 0.500. The molecule has 0 fully saturated rings. The number of carboxylic acids is 1. The Hall–Kier alpha value is -0.980. The molecule has 1 aromatic rings. The standard InChI is InChI=1S/C8H11NO4S/c1-13-3-7-9-5(4-14-7)2-6(10)8(11)12/h4,6,10H,2-3H2,1H3,(H,11,12). The van der Waals surface area contributed by atoms with Gasteiger partial charge in [0.1, 0.15) is 5.01 Å². The third-order valence-electron chi connectivity index (χ3n) is 1.55. The molecule has 78 valence electrons. The smallest absolute Gasteiger partial charge is 0.332 e. The van der Waals surface area contributed by atoms with Crippen LogP contribution in [-0.4, -0.2) is 34.4 Å². The molecule has 0 aliphatic heterocycles. The minimum atomic E-state index is -1.38. The molecule has 0 aliphatic carbocycles. The second kappa shape index (κ2) is 5.04. The average Bonchev–Trinajstić information content (AvgIpc) is 2.53. The van der Waals surface area contributed by atoms with Crippen molar-refractivity contribution in [1.29, 1.82) is 0 Å². The van der Waals surface area contributed by atoms with Gasteiger partial charge in [0.2, 0.25) is 0 Å². The number of methoxy groups -OCH3 is 1. The minimum Gasteiger partial charge on any atom is -0.479 e. The van der Waals surface area contributed by atoms with E-state index >= 15 is 0 Å². The van der Waals surface area contributed by atoms with Crippen molar-refractivity contribution in [3.8, 4) is 0 Å². The third-order valence-corrected chi connectivity index (χ3v) is 2.43. The second-order valence-corrected chi connectivity index (χ2v) is 3.67. The molecule has 5 nitrogen and oxygen atoms in total. The maximum atomic E-state index is 10.3. The third kappa shape index (κ3) is 3.06. The summed E-state index contributed by atoms with van der Waals surface area (Å²) in [7, 11) is 1.56. The van der Waals surface area contributed by atoms with E-state index in [0.717, 1.165) is 5.01 Å². The molecule has 1 aromatic heterocycles. The summed E-state index contributed by atoms with van der Waals surface area (Å²) < 4.78 is 4.86. The maximum Gasteiger partial charge on any atom is 0.332 e. The van der Waals surface area contributed by atoms with Gasteiger partial charge in [0.25, 0.3) is 0 Å². The molecule has 1 unspecified atom stereocenters. The van der Waals surface area contributed by atoms with Crippen LogP contribution in [0.1, 0.15) is 10.7 Å². The van der Waals surface area contributed by atoms with Crippen molar-refractivity contribution in [1.82, 2.24) is 4.98 Å². The first-order valence-electron chi connectivity index (χ1n) is 3.96. The Morgan fingerprint density at radius 3 is 3.07 bits per heavy atom. The number of aliphatic carboxylic acids is 1. The minimum absolute atomic E-state index is 0.0372. The summed E-state index contributed by atoms with van der Waals surface area (Å²) >= 11 is 1.39. The topological polar surface area (TPSA) is 79.7 Å². The predicted octanol–water partition coefficient (Wildman–Crippen LogP) is 0.277. The lowest BCUT2D eigenvalue weighted by atomic mass is 10.2. The molecule has 1 heterocycles. The summed E-state index contributed by atoms with van der Waals surface area (Å²) in [5.74, 6) is -1.23. The number of thiazole rings is 1. The number of carboxylic acid groups (broad SMARTS) is 1. The normalized spacial score (nSPS) is 12.7. The quantitative estimate of drug-likeness (QED) is 0.740. The van der Waals surface area contributed by atoms with Gasteiger partial charge in [0, 0.05) is 18.9 Å². The number of aliphatic hydroxyl groups excluding tert-OH is 1. The zero-order valence-corrected chi connectivity index (χ0v) is 8.45. The SMILES string of the molecule is COCc1nc(CC(O)C(=O)O)cs1. The van der Waals surface area contributed by atoms with E-state index in [9.17, 15) is 4.79 Å². The van der Waals surface area contributed by atoms with E-state index in [1.54, 1.807) is 12.5 Å². The van der Waals surface area contributed by atoms with Gasteiger partial charge >= 0.3 is 5.97 Å². The van der Waals surface area contributed by atoms with Crippen LogP contribution < -0.4 is 0 Å². The molecule has 6 heteroatoms. The molecule has 0 bridgehead atoms. The summed E-state index contributed by atoms with van der Waals surface area (Å²) in [6.07, 6.45) is -1.34. The molecule has 0 aromatic carbocycles. The average molecular weight is 217 g/mol. The number of ether oxygens (including phenoxy) is 1. The van der Waals surface area contributed by atoms with Crippen LogP contribution in [0.15, 0.2) is 5.38 Å². The number of hydrogen-bond acceptors (Lipinski definition) is 5. The molecule has 1 atom stereocenters. The van der Waals surface area contributed by atoms with Crippen molar-refractivity contribution in [2.45, 2.75) is 19.1 Å². The zero-order valence-electron chi connectivity index (χ0n) is 7.64.